The molecule has 28 heavy (non-hydrogen) atoms. The molecule has 0 atom stereocenters. The second-order valence-electron chi connectivity index (χ2n) is 6.48. The molecule has 0 saturated carbocycles. The molecule has 6 nitrogen and oxygen atoms in total. The highest BCUT2D eigenvalue weighted by atomic mass is 19.3. The van der Waals surface area contributed by atoms with E-state index in [1.54, 1.807) is 18.2 Å². The van der Waals surface area contributed by atoms with Crippen molar-refractivity contribution in [2.24, 2.45) is 0 Å². The third-order valence-corrected chi connectivity index (χ3v) is 4.30. The Bertz CT molecular complexity index is 1170. The predicted molar refractivity (Wildman–Crippen MR) is 100 cm³/mol. The number of rotatable bonds is 6. The highest BCUT2D eigenvalue weighted by Crippen LogP contribution is 2.24. The monoisotopic (exact) mass is 385 g/mol. The van der Waals surface area contributed by atoms with E-state index in [-0.39, 0.29) is 16.9 Å². The molecular formula is C20H17F2N3O3. The van der Waals surface area contributed by atoms with Gasteiger partial charge in [-0.15, -0.1) is 0 Å². The van der Waals surface area contributed by atoms with Gasteiger partial charge in [-0.3, -0.25) is 9.69 Å². The third-order valence-electron chi connectivity index (χ3n) is 4.30. The fraction of sp³-hybridized carbons (Fsp3) is 0.200. The van der Waals surface area contributed by atoms with E-state index in [1.807, 2.05) is 30.1 Å². The molecule has 2 heterocycles. The Labute approximate surface area is 158 Å². The van der Waals surface area contributed by atoms with Crippen LogP contribution in [0, 0.1) is 0 Å². The summed E-state index contributed by atoms with van der Waals surface area (Å²) in [6, 6.07) is 13.8. The van der Waals surface area contributed by atoms with Crippen molar-refractivity contribution in [3.05, 3.63) is 70.3 Å². The topological polar surface area (TPSA) is 71.4 Å². The maximum atomic E-state index is 12.4. The van der Waals surface area contributed by atoms with Gasteiger partial charge in [0.05, 0.1) is 6.54 Å². The third kappa shape index (κ3) is 3.72. The predicted octanol–water partition coefficient (Wildman–Crippen LogP) is 3.90. The van der Waals surface area contributed by atoms with Crippen molar-refractivity contribution in [3.8, 4) is 5.75 Å². The molecule has 4 rings (SSSR count). The molecule has 0 bridgehead atoms. The van der Waals surface area contributed by atoms with Gasteiger partial charge in [-0.05, 0) is 36.9 Å². The fourth-order valence-electron chi connectivity index (χ4n) is 3.12. The number of hydrogen-bond donors (Lipinski definition) is 1. The molecule has 0 amide bonds. The minimum atomic E-state index is -2.84. The number of halogens is 2. The van der Waals surface area contributed by atoms with Crippen LogP contribution in [0.1, 0.15) is 11.4 Å². The number of fused-ring (bicyclic) bond motifs is 3. The SMILES string of the molecule is CN(Cc1ccc(OC(F)F)cc1)Cc1nc2c(oc3ccccc32)c(=O)[nH]1. The Morgan fingerprint density at radius 1 is 1.14 bits per heavy atom. The van der Waals surface area contributed by atoms with Gasteiger partial charge in [0.1, 0.15) is 22.7 Å². The first-order chi connectivity index (χ1) is 13.5. The van der Waals surface area contributed by atoms with Crippen LogP contribution >= 0.6 is 0 Å². The molecule has 144 valence electrons. The zero-order valence-electron chi connectivity index (χ0n) is 15.0. The van der Waals surface area contributed by atoms with Crippen molar-refractivity contribution in [2.75, 3.05) is 7.05 Å². The second-order valence-corrected chi connectivity index (χ2v) is 6.48. The summed E-state index contributed by atoms with van der Waals surface area (Å²) >= 11 is 0. The molecule has 2 aromatic heterocycles. The van der Waals surface area contributed by atoms with Crippen LogP contribution in [-0.4, -0.2) is 28.5 Å². The summed E-state index contributed by atoms with van der Waals surface area (Å²) in [5, 5.41) is 0.794. The lowest BCUT2D eigenvalue weighted by Crippen LogP contribution is -2.21. The van der Waals surface area contributed by atoms with E-state index in [0.29, 0.717) is 30.0 Å². The van der Waals surface area contributed by atoms with Gasteiger partial charge in [0.15, 0.2) is 0 Å². The average Bonchev–Trinajstić information content (AvgIpc) is 3.02. The first-order valence-corrected chi connectivity index (χ1v) is 8.62. The molecule has 0 aliphatic carbocycles. The van der Waals surface area contributed by atoms with Gasteiger partial charge >= 0.3 is 6.61 Å². The number of H-pyrrole nitrogens is 1. The summed E-state index contributed by atoms with van der Waals surface area (Å²) in [5.41, 5.74) is 1.96. The Hall–Kier alpha value is -3.26. The number of hydrogen-bond acceptors (Lipinski definition) is 5. The standard InChI is InChI=1S/C20H17F2N3O3/c1-25(10-12-6-8-13(9-7-12)27-20(21)22)11-16-23-17-14-4-2-3-5-15(14)28-18(17)19(26)24-16/h2-9,20H,10-11H2,1H3,(H,23,24,26). The zero-order chi connectivity index (χ0) is 19.7. The molecule has 4 aromatic rings. The minimum Gasteiger partial charge on any atom is -0.449 e. The minimum absolute atomic E-state index is 0.115. The van der Waals surface area contributed by atoms with Crippen molar-refractivity contribution in [2.45, 2.75) is 19.7 Å². The molecule has 0 saturated heterocycles. The molecular weight excluding hydrogens is 368 g/mol. The number of furan rings is 1. The van der Waals surface area contributed by atoms with Gasteiger partial charge in [-0.2, -0.15) is 8.78 Å². The second kappa shape index (κ2) is 7.40. The van der Waals surface area contributed by atoms with Crippen LogP contribution in [0.25, 0.3) is 22.1 Å². The van der Waals surface area contributed by atoms with Gasteiger partial charge in [0, 0.05) is 11.9 Å². The van der Waals surface area contributed by atoms with Crippen LogP contribution in [0.5, 0.6) is 5.75 Å². The first-order valence-electron chi connectivity index (χ1n) is 8.62. The summed E-state index contributed by atoms with van der Waals surface area (Å²) in [6.07, 6.45) is 0. The Morgan fingerprint density at radius 3 is 2.64 bits per heavy atom. The van der Waals surface area contributed by atoms with E-state index in [0.717, 1.165) is 10.9 Å². The molecule has 0 fully saturated rings. The maximum Gasteiger partial charge on any atom is 0.387 e. The largest absolute Gasteiger partial charge is 0.449 e. The molecule has 0 aliphatic heterocycles. The quantitative estimate of drug-likeness (QED) is 0.545. The first kappa shape index (κ1) is 18.1. The lowest BCUT2D eigenvalue weighted by Gasteiger charge is -2.16. The highest BCUT2D eigenvalue weighted by molar-refractivity contribution is 6.01. The number of aromatic nitrogens is 2. The zero-order valence-corrected chi connectivity index (χ0v) is 15.0. The Balaban J connectivity index is 1.52. The van der Waals surface area contributed by atoms with Crippen LogP contribution in [0.3, 0.4) is 0 Å². The molecule has 0 spiro atoms. The maximum absolute atomic E-state index is 12.4. The van der Waals surface area contributed by atoms with E-state index in [4.69, 9.17) is 4.42 Å². The number of aromatic amines is 1. The van der Waals surface area contributed by atoms with Crippen LogP contribution in [0.15, 0.2) is 57.7 Å². The summed E-state index contributed by atoms with van der Waals surface area (Å²) in [7, 11) is 1.88. The lowest BCUT2D eigenvalue weighted by molar-refractivity contribution is -0.0498. The molecule has 8 heteroatoms. The number of nitrogens with zero attached hydrogens (tertiary/aromatic N) is 2. The Morgan fingerprint density at radius 2 is 1.89 bits per heavy atom. The van der Waals surface area contributed by atoms with Crippen LogP contribution in [0.2, 0.25) is 0 Å². The van der Waals surface area contributed by atoms with Gasteiger partial charge in [0.25, 0.3) is 5.56 Å². The normalized spacial score (nSPS) is 11.8. The van der Waals surface area contributed by atoms with E-state index >= 15 is 0 Å². The lowest BCUT2D eigenvalue weighted by atomic mass is 10.2. The van der Waals surface area contributed by atoms with E-state index in [2.05, 4.69) is 14.7 Å². The molecule has 0 radical (unpaired) electrons. The van der Waals surface area contributed by atoms with E-state index < -0.39 is 6.61 Å². The molecule has 0 unspecified atom stereocenters. The Kier molecular flexibility index (Phi) is 4.79. The van der Waals surface area contributed by atoms with Crippen molar-refractivity contribution >= 4 is 22.1 Å². The summed E-state index contributed by atoms with van der Waals surface area (Å²) in [4.78, 5) is 21.6. The van der Waals surface area contributed by atoms with Crippen molar-refractivity contribution in [1.82, 2.24) is 14.9 Å². The van der Waals surface area contributed by atoms with Gasteiger partial charge in [-0.1, -0.05) is 24.3 Å². The summed E-state index contributed by atoms with van der Waals surface area (Å²) in [5.74, 6) is 0.633. The van der Waals surface area contributed by atoms with Gasteiger partial charge in [-0.25, -0.2) is 4.98 Å². The van der Waals surface area contributed by atoms with Gasteiger partial charge < -0.3 is 14.1 Å². The van der Waals surface area contributed by atoms with Crippen LogP contribution in [-0.2, 0) is 13.1 Å². The average molecular weight is 385 g/mol. The number of alkyl halides is 2. The number of ether oxygens (including phenoxy) is 1. The van der Waals surface area contributed by atoms with E-state index in [1.165, 1.54) is 12.1 Å². The van der Waals surface area contributed by atoms with Crippen molar-refractivity contribution < 1.29 is 17.9 Å². The number of nitrogens with one attached hydrogen (secondary N) is 1. The summed E-state index contributed by atoms with van der Waals surface area (Å²) < 4.78 is 34.4. The summed E-state index contributed by atoms with van der Waals surface area (Å²) in [6.45, 7) is -1.90. The highest BCUT2D eigenvalue weighted by Gasteiger charge is 2.14. The number of para-hydroxylation sites is 1. The molecule has 1 N–H and O–H groups in total. The van der Waals surface area contributed by atoms with Crippen molar-refractivity contribution in [1.29, 1.82) is 0 Å². The fourth-order valence-corrected chi connectivity index (χ4v) is 3.12. The van der Waals surface area contributed by atoms with Gasteiger partial charge in [0.2, 0.25) is 5.58 Å². The number of benzene rings is 2. The van der Waals surface area contributed by atoms with E-state index in [9.17, 15) is 13.6 Å². The van der Waals surface area contributed by atoms with Crippen molar-refractivity contribution in [3.63, 3.8) is 0 Å². The molecule has 2 aromatic carbocycles. The van der Waals surface area contributed by atoms with Crippen LogP contribution in [0.4, 0.5) is 8.78 Å². The van der Waals surface area contributed by atoms with Crippen LogP contribution < -0.4 is 10.3 Å². The smallest absolute Gasteiger partial charge is 0.387 e. The molecule has 0 aliphatic rings.